The molecule has 1 heterocycles. The first-order valence-corrected chi connectivity index (χ1v) is 5.28. The van der Waals surface area contributed by atoms with Crippen LogP contribution in [0.1, 0.15) is 24.5 Å². The van der Waals surface area contributed by atoms with E-state index in [4.69, 9.17) is 22.1 Å². The van der Waals surface area contributed by atoms with E-state index in [0.717, 1.165) is 17.9 Å². The quantitative estimate of drug-likeness (QED) is 0.816. The van der Waals surface area contributed by atoms with Gasteiger partial charge in [0, 0.05) is 11.6 Å². The van der Waals surface area contributed by atoms with E-state index < -0.39 is 0 Å². The first kappa shape index (κ1) is 9.97. The molecule has 0 bridgehead atoms. The molecule has 1 aliphatic heterocycles. The molecule has 2 rings (SSSR count). The van der Waals surface area contributed by atoms with Gasteiger partial charge in [-0.05, 0) is 30.5 Å². The molecule has 0 saturated carbocycles. The number of rotatable bonds is 2. The summed E-state index contributed by atoms with van der Waals surface area (Å²) < 4.78 is 5.77. The van der Waals surface area contributed by atoms with Crippen LogP contribution in [0.15, 0.2) is 24.3 Å². The van der Waals surface area contributed by atoms with Crippen LogP contribution in [-0.4, -0.2) is 12.6 Å². The van der Waals surface area contributed by atoms with Crippen LogP contribution in [-0.2, 0) is 4.74 Å². The van der Waals surface area contributed by atoms with Gasteiger partial charge in [0.25, 0.3) is 0 Å². The highest BCUT2D eigenvalue weighted by Crippen LogP contribution is 2.32. The normalized spacial score (nSPS) is 26.7. The lowest BCUT2D eigenvalue weighted by atomic mass is 10.1. The SMILES string of the molecule is NC[C@H]1CC[C@H](c2ccc(Cl)cc2)O1. The molecule has 0 aromatic heterocycles. The van der Waals surface area contributed by atoms with Crippen molar-refractivity contribution in [2.24, 2.45) is 5.73 Å². The highest BCUT2D eigenvalue weighted by Gasteiger charge is 2.24. The summed E-state index contributed by atoms with van der Waals surface area (Å²) in [6.07, 6.45) is 2.56. The molecule has 1 saturated heterocycles. The van der Waals surface area contributed by atoms with Gasteiger partial charge in [-0.2, -0.15) is 0 Å². The average molecular weight is 212 g/mol. The molecule has 2 nitrogen and oxygen atoms in total. The van der Waals surface area contributed by atoms with Crippen molar-refractivity contribution in [3.63, 3.8) is 0 Å². The maximum Gasteiger partial charge on any atom is 0.0830 e. The number of nitrogens with two attached hydrogens (primary N) is 1. The first-order chi connectivity index (χ1) is 6.79. The van der Waals surface area contributed by atoms with E-state index in [9.17, 15) is 0 Å². The van der Waals surface area contributed by atoms with E-state index in [1.807, 2.05) is 24.3 Å². The second kappa shape index (κ2) is 4.30. The van der Waals surface area contributed by atoms with Crippen LogP contribution in [0.3, 0.4) is 0 Å². The fourth-order valence-corrected chi connectivity index (χ4v) is 1.93. The molecular formula is C11H14ClNO. The maximum absolute atomic E-state index is 5.81. The summed E-state index contributed by atoms with van der Waals surface area (Å²) in [7, 11) is 0. The van der Waals surface area contributed by atoms with Crippen molar-refractivity contribution in [1.29, 1.82) is 0 Å². The van der Waals surface area contributed by atoms with Crippen molar-refractivity contribution in [3.8, 4) is 0 Å². The molecule has 2 N–H and O–H groups in total. The number of hydrogen-bond acceptors (Lipinski definition) is 2. The Bertz CT molecular complexity index is 299. The average Bonchev–Trinajstić information content (AvgIpc) is 2.67. The van der Waals surface area contributed by atoms with E-state index in [1.54, 1.807) is 0 Å². The van der Waals surface area contributed by atoms with Crippen LogP contribution in [0.4, 0.5) is 0 Å². The molecule has 2 atom stereocenters. The van der Waals surface area contributed by atoms with Crippen molar-refractivity contribution in [1.82, 2.24) is 0 Å². The Morgan fingerprint density at radius 3 is 2.57 bits per heavy atom. The van der Waals surface area contributed by atoms with E-state index in [0.29, 0.717) is 6.54 Å². The molecule has 1 aromatic carbocycles. The van der Waals surface area contributed by atoms with E-state index in [-0.39, 0.29) is 12.2 Å². The van der Waals surface area contributed by atoms with Gasteiger partial charge < -0.3 is 10.5 Å². The van der Waals surface area contributed by atoms with E-state index >= 15 is 0 Å². The van der Waals surface area contributed by atoms with Gasteiger partial charge in [0.15, 0.2) is 0 Å². The van der Waals surface area contributed by atoms with Crippen molar-refractivity contribution < 1.29 is 4.74 Å². The summed E-state index contributed by atoms with van der Waals surface area (Å²) >= 11 is 5.81. The third-order valence-electron chi connectivity index (χ3n) is 2.61. The number of halogens is 1. The molecule has 14 heavy (non-hydrogen) atoms. The van der Waals surface area contributed by atoms with Crippen LogP contribution >= 0.6 is 11.6 Å². The molecule has 3 heteroatoms. The lowest BCUT2D eigenvalue weighted by molar-refractivity contribution is 0.0498. The van der Waals surface area contributed by atoms with Gasteiger partial charge in [0.05, 0.1) is 12.2 Å². The van der Waals surface area contributed by atoms with Crippen LogP contribution in [0.5, 0.6) is 0 Å². The monoisotopic (exact) mass is 211 g/mol. The summed E-state index contributed by atoms with van der Waals surface area (Å²) in [6.45, 7) is 0.615. The summed E-state index contributed by atoms with van der Waals surface area (Å²) in [5.74, 6) is 0. The Labute approximate surface area is 89.0 Å². The van der Waals surface area contributed by atoms with Gasteiger partial charge in [-0.25, -0.2) is 0 Å². The van der Waals surface area contributed by atoms with Crippen molar-refractivity contribution in [2.75, 3.05) is 6.54 Å². The highest BCUT2D eigenvalue weighted by molar-refractivity contribution is 6.30. The Kier molecular flexibility index (Phi) is 3.06. The third kappa shape index (κ3) is 2.08. The molecule has 1 aliphatic rings. The Balaban J connectivity index is 2.06. The molecule has 1 aromatic rings. The summed E-state index contributed by atoms with van der Waals surface area (Å²) in [4.78, 5) is 0. The number of hydrogen-bond donors (Lipinski definition) is 1. The van der Waals surface area contributed by atoms with Crippen molar-refractivity contribution in [3.05, 3.63) is 34.9 Å². The fourth-order valence-electron chi connectivity index (χ4n) is 1.80. The topological polar surface area (TPSA) is 35.2 Å². The van der Waals surface area contributed by atoms with Crippen molar-refractivity contribution >= 4 is 11.6 Å². The summed E-state index contributed by atoms with van der Waals surface area (Å²) in [5.41, 5.74) is 6.75. The zero-order chi connectivity index (χ0) is 9.97. The van der Waals surface area contributed by atoms with E-state index in [2.05, 4.69) is 0 Å². The molecule has 0 radical (unpaired) electrons. The lowest BCUT2D eigenvalue weighted by Gasteiger charge is -2.12. The Hall–Kier alpha value is -0.570. The van der Waals surface area contributed by atoms with Crippen LogP contribution in [0.2, 0.25) is 5.02 Å². The molecule has 0 amide bonds. The molecule has 1 fully saturated rings. The zero-order valence-corrected chi connectivity index (χ0v) is 8.70. The van der Waals surface area contributed by atoms with Crippen LogP contribution in [0.25, 0.3) is 0 Å². The second-order valence-electron chi connectivity index (χ2n) is 3.61. The smallest absolute Gasteiger partial charge is 0.0830 e. The second-order valence-corrected chi connectivity index (χ2v) is 4.05. The minimum Gasteiger partial charge on any atom is -0.369 e. The van der Waals surface area contributed by atoms with Gasteiger partial charge in [-0.1, -0.05) is 23.7 Å². The van der Waals surface area contributed by atoms with Gasteiger partial charge >= 0.3 is 0 Å². The van der Waals surface area contributed by atoms with Crippen LogP contribution < -0.4 is 5.73 Å². The first-order valence-electron chi connectivity index (χ1n) is 4.90. The summed E-state index contributed by atoms with van der Waals surface area (Å²) in [6, 6.07) is 7.84. The zero-order valence-electron chi connectivity index (χ0n) is 7.95. The summed E-state index contributed by atoms with van der Waals surface area (Å²) in [5, 5.41) is 0.766. The molecule has 0 unspecified atom stereocenters. The number of benzene rings is 1. The van der Waals surface area contributed by atoms with E-state index in [1.165, 1.54) is 5.56 Å². The predicted octanol–water partition coefficient (Wildman–Crippen LogP) is 2.52. The van der Waals surface area contributed by atoms with Gasteiger partial charge in [0.1, 0.15) is 0 Å². The number of ether oxygens (including phenoxy) is 1. The third-order valence-corrected chi connectivity index (χ3v) is 2.86. The van der Waals surface area contributed by atoms with Gasteiger partial charge in [0.2, 0.25) is 0 Å². The van der Waals surface area contributed by atoms with Crippen LogP contribution in [0, 0.1) is 0 Å². The Morgan fingerprint density at radius 2 is 2.00 bits per heavy atom. The van der Waals surface area contributed by atoms with Crippen molar-refractivity contribution in [2.45, 2.75) is 25.0 Å². The Morgan fingerprint density at radius 1 is 1.29 bits per heavy atom. The minimum absolute atomic E-state index is 0.209. The molecule has 76 valence electrons. The molecule has 0 spiro atoms. The standard InChI is InChI=1S/C11H14ClNO/c12-9-3-1-8(2-4-9)11-6-5-10(7-13)14-11/h1-4,10-11H,5-7,13H2/t10-,11-/m1/s1. The predicted molar refractivity (Wildman–Crippen MR) is 57.4 cm³/mol. The lowest BCUT2D eigenvalue weighted by Crippen LogP contribution is -2.18. The van der Waals surface area contributed by atoms with Gasteiger partial charge in [-0.15, -0.1) is 0 Å². The molecular weight excluding hydrogens is 198 g/mol. The molecule has 0 aliphatic carbocycles. The maximum atomic E-state index is 5.81. The fraction of sp³-hybridized carbons (Fsp3) is 0.455. The highest BCUT2D eigenvalue weighted by atomic mass is 35.5. The largest absolute Gasteiger partial charge is 0.369 e. The van der Waals surface area contributed by atoms with Gasteiger partial charge in [-0.3, -0.25) is 0 Å². The minimum atomic E-state index is 0.209.